The van der Waals surface area contributed by atoms with Crippen LogP contribution in [0.15, 0.2) is 22.7 Å². The number of carbonyl (C=O) groups is 1. The summed E-state index contributed by atoms with van der Waals surface area (Å²) >= 11 is 5.71. The Morgan fingerprint density at radius 1 is 1.40 bits per heavy atom. The van der Waals surface area contributed by atoms with Crippen molar-refractivity contribution in [2.45, 2.75) is 26.2 Å². The zero-order valence-corrected chi connectivity index (χ0v) is 12.0. The smallest absolute Gasteiger partial charge is 0.341 e. The van der Waals surface area contributed by atoms with E-state index in [2.05, 4.69) is 5.16 Å². The third kappa shape index (κ3) is 2.41. The quantitative estimate of drug-likeness (QED) is 0.905. The molecule has 0 spiro atoms. The van der Waals surface area contributed by atoms with E-state index in [1.807, 2.05) is 0 Å². The van der Waals surface area contributed by atoms with E-state index >= 15 is 0 Å². The lowest BCUT2D eigenvalue weighted by Gasteiger charge is -2.14. The largest absolute Gasteiger partial charge is 0.477 e. The van der Waals surface area contributed by atoms with Crippen molar-refractivity contribution in [3.05, 3.63) is 40.4 Å². The number of aromatic carboxylic acids is 1. The zero-order chi connectivity index (χ0) is 15.1. The summed E-state index contributed by atoms with van der Waals surface area (Å²) in [6.07, 6.45) is 0. The maximum Gasteiger partial charge on any atom is 0.341 e. The number of carboxylic acid groups (broad SMARTS) is 1. The summed E-state index contributed by atoms with van der Waals surface area (Å²) < 4.78 is 19.2. The van der Waals surface area contributed by atoms with Gasteiger partial charge in [0.2, 0.25) is 0 Å². The fourth-order valence-electron chi connectivity index (χ4n) is 1.87. The summed E-state index contributed by atoms with van der Waals surface area (Å²) in [4.78, 5) is 11.5. The van der Waals surface area contributed by atoms with Gasteiger partial charge in [-0.15, -0.1) is 0 Å². The maximum atomic E-state index is 14.0. The lowest BCUT2D eigenvalue weighted by atomic mass is 9.89. The predicted octanol–water partition coefficient (Wildman–Crippen LogP) is 4.13. The maximum absolute atomic E-state index is 14.0. The molecule has 0 unspecified atom stereocenters. The van der Waals surface area contributed by atoms with Gasteiger partial charge in [-0.1, -0.05) is 43.6 Å². The summed E-state index contributed by atoms with van der Waals surface area (Å²) in [5.74, 6) is -1.74. The highest BCUT2D eigenvalue weighted by Gasteiger charge is 2.32. The molecule has 0 aliphatic rings. The third-order valence-electron chi connectivity index (χ3n) is 2.79. The molecule has 2 rings (SSSR count). The molecule has 1 aromatic heterocycles. The number of rotatable bonds is 2. The molecule has 1 N–H and O–H groups in total. The Labute approximate surface area is 120 Å². The summed E-state index contributed by atoms with van der Waals surface area (Å²) in [6, 6.07) is 4.32. The summed E-state index contributed by atoms with van der Waals surface area (Å²) in [6.45, 7) is 5.37. The molecule has 0 fully saturated rings. The Kier molecular flexibility index (Phi) is 3.56. The van der Waals surface area contributed by atoms with E-state index in [9.17, 15) is 14.3 Å². The van der Waals surface area contributed by atoms with Crippen molar-refractivity contribution in [1.29, 1.82) is 0 Å². The van der Waals surface area contributed by atoms with Gasteiger partial charge in [-0.05, 0) is 12.1 Å². The predicted molar refractivity (Wildman–Crippen MR) is 72.6 cm³/mol. The lowest BCUT2D eigenvalue weighted by Crippen LogP contribution is -2.15. The van der Waals surface area contributed by atoms with Crippen LogP contribution in [0.2, 0.25) is 5.02 Å². The van der Waals surface area contributed by atoms with Crippen molar-refractivity contribution in [1.82, 2.24) is 5.16 Å². The third-order valence-corrected chi connectivity index (χ3v) is 3.09. The zero-order valence-electron chi connectivity index (χ0n) is 11.2. The minimum atomic E-state index is -1.22. The van der Waals surface area contributed by atoms with Crippen molar-refractivity contribution in [3.8, 4) is 11.3 Å². The lowest BCUT2D eigenvalue weighted by molar-refractivity contribution is 0.0693. The standard InChI is InChI=1S/C14H13ClFNO3/c1-14(2,3)12-9(13(18)19)11(17-20-12)7-5-4-6-8(15)10(7)16/h4-6H,1-3H3,(H,18,19). The molecule has 106 valence electrons. The van der Waals surface area contributed by atoms with Gasteiger partial charge in [-0.3, -0.25) is 0 Å². The summed E-state index contributed by atoms with van der Waals surface area (Å²) in [5, 5.41) is 13.0. The van der Waals surface area contributed by atoms with Crippen LogP contribution < -0.4 is 0 Å². The molecule has 2 aromatic rings. The van der Waals surface area contributed by atoms with Gasteiger partial charge < -0.3 is 9.63 Å². The molecule has 1 aromatic carbocycles. The van der Waals surface area contributed by atoms with Crippen LogP contribution in [-0.4, -0.2) is 16.2 Å². The van der Waals surface area contributed by atoms with Gasteiger partial charge in [0, 0.05) is 11.0 Å². The van der Waals surface area contributed by atoms with Crippen molar-refractivity contribution in [2.24, 2.45) is 0 Å². The molecule has 20 heavy (non-hydrogen) atoms. The number of nitrogens with zero attached hydrogens (tertiary/aromatic N) is 1. The number of hydrogen-bond donors (Lipinski definition) is 1. The summed E-state index contributed by atoms with van der Waals surface area (Å²) in [7, 11) is 0. The fraction of sp³-hybridized carbons (Fsp3) is 0.286. The number of aromatic nitrogens is 1. The van der Waals surface area contributed by atoms with Gasteiger partial charge >= 0.3 is 5.97 Å². The van der Waals surface area contributed by atoms with Gasteiger partial charge in [0.05, 0.1) is 5.02 Å². The van der Waals surface area contributed by atoms with E-state index in [1.54, 1.807) is 20.8 Å². The van der Waals surface area contributed by atoms with Crippen LogP contribution in [0.4, 0.5) is 4.39 Å². The SMILES string of the molecule is CC(C)(C)c1onc(-c2cccc(Cl)c2F)c1C(=O)O. The molecule has 0 saturated carbocycles. The van der Waals surface area contributed by atoms with E-state index in [1.165, 1.54) is 18.2 Å². The fourth-order valence-corrected chi connectivity index (χ4v) is 2.05. The van der Waals surface area contributed by atoms with Gasteiger partial charge in [-0.2, -0.15) is 0 Å². The molecule has 4 nitrogen and oxygen atoms in total. The van der Waals surface area contributed by atoms with Crippen LogP contribution in [0.5, 0.6) is 0 Å². The molecule has 0 amide bonds. The first-order valence-electron chi connectivity index (χ1n) is 5.91. The Balaban J connectivity index is 2.73. The van der Waals surface area contributed by atoms with Gasteiger partial charge in [0.25, 0.3) is 0 Å². The van der Waals surface area contributed by atoms with Crippen LogP contribution >= 0.6 is 11.6 Å². The molecular weight excluding hydrogens is 285 g/mol. The average Bonchev–Trinajstić information content (AvgIpc) is 2.77. The second kappa shape index (κ2) is 4.90. The van der Waals surface area contributed by atoms with Gasteiger partial charge in [0.15, 0.2) is 11.6 Å². The molecule has 0 saturated heterocycles. The first-order chi connectivity index (χ1) is 9.23. The first-order valence-corrected chi connectivity index (χ1v) is 6.29. The molecular formula is C14H13ClFNO3. The Morgan fingerprint density at radius 3 is 2.60 bits per heavy atom. The van der Waals surface area contributed by atoms with Crippen molar-refractivity contribution >= 4 is 17.6 Å². The first kappa shape index (κ1) is 14.5. The van der Waals surface area contributed by atoms with Crippen LogP contribution in [0.1, 0.15) is 36.9 Å². The highest BCUT2D eigenvalue weighted by atomic mass is 35.5. The Bertz CT molecular complexity index is 674. The molecule has 1 heterocycles. The summed E-state index contributed by atoms with van der Waals surface area (Å²) in [5.41, 5.74) is -0.746. The van der Waals surface area contributed by atoms with E-state index in [0.29, 0.717) is 0 Å². The van der Waals surface area contributed by atoms with Gasteiger partial charge in [0.1, 0.15) is 11.3 Å². The number of hydrogen-bond acceptors (Lipinski definition) is 3. The van der Waals surface area contributed by atoms with E-state index in [4.69, 9.17) is 16.1 Å². The van der Waals surface area contributed by atoms with Crippen LogP contribution in [0.25, 0.3) is 11.3 Å². The number of halogens is 2. The number of carboxylic acids is 1. The monoisotopic (exact) mass is 297 g/mol. The molecule has 0 aliphatic carbocycles. The highest BCUT2D eigenvalue weighted by Crippen LogP contribution is 2.35. The minimum absolute atomic E-state index is 0.00847. The molecule has 0 atom stereocenters. The van der Waals surface area contributed by atoms with Crippen LogP contribution in [-0.2, 0) is 5.41 Å². The minimum Gasteiger partial charge on any atom is -0.477 e. The normalized spacial score (nSPS) is 11.7. The average molecular weight is 298 g/mol. The van der Waals surface area contributed by atoms with Crippen LogP contribution in [0, 0.1) is 5.82 Å². The number of benzene rings is 1. The Hall–Kier alpha value is -1.88. The second-order valence-corrected chi connectivity index (χ2v) is 5.80. The topological polar surface area (TPSA) is 63.3 Å². The molecule has 0 aliphatic heterocycles. The molecule has 6 heteroatoms. The van der Waals surface area contributed by atoms with E-state index in [0.717, 1.165) is 0 Å². The van der Waals surface area contributed by atoms with Crippen molar-refractivity contribution < 1.29 is 18.8 Å². The van der Waals surface area contributed by atoms with Crippen molar-refractivity contribution in [3.63, 3.8) is 0 Å². The Morgan fingerprint density at radius 2 is 2.05 bits per heavy atom. The highest BCUT2D eigenvalue weighted by molar-refractivity contribution is 6.31. The van der Waals surface area contributed by atoms with Crippen molar-refractivity contribution in [2.75, 3.05) is 0 Å². The van der Waals surface area contributed by atoms with Gasteiger partial charge in [-0.25, -0.2) is 9.18 Å². The second-order valence-electron chi connectivity index (χ2n) is 5.39. The van der Waals surface area contributed by atoms with Crippen LogP contribution in [0.3, 0.4) is 0 Å². The molecule has 0 radical (unpaired) electrons. The van der Waals surface area contributed by atoms with E-state index in [-0.39, 0.29) is 27.6 Å². The van der Waals surface area contributed by atoms with E-state index < -0.39 is 17.2 Å². The molecule has 0 bridgehead atoms.